The van der Waals surface area contributed by atoms with Crippen molar-refractivity contribution in [2.45, 2.75) is 53.5 Å². The van der Waals surface area contributed by atoms with Gasteiger partial charge >= 0.3 is 0 Å². The molecule has 1 N–H and O–H groups in total. The fourth-order valence-electron chi connectivity index (χ4n) is 3.56. The number of aromatic nitrogens is 4. The second-order valence-electron chi connectivity index (χ2n) is 8.28. The largest absolute Gasteiger partial charge is 0.360 e. The standard InChI is InChI=1S/C25H27N5O3/c1-6-20-22(16(5)30-32-20)25(31)27-12-17-7-9-18(10-8-17)23-19(21-11-15(4)29-33-21)13-26-24(28-23)14(2)3/h7-11,13-14H,6,12H2,1-5H3,(H,27,31). The first-order valence-electron chi connectivity index (χ1n) is 11.0. The third-order valence-corrected chi connectivity index (χ3v) is 5.38. The van der Waals surface area contributed by atoms with Crippen LogP contribution in [-0.2, 0) is 13.0 Å². The Morgan fingerprint density at radius 1 is 1.09 bits per heavy atom. The highest BCUT2D eigenvalue weighted by Gasteiger charge is 2.19. The molecular weight excluding hydrogens is 418 g/mol. The van der Waals surface area contributed by atoms with E-state index in [1.807, 2.05) is 44.2 Å². The maximum atomic E-state index is 12.6. The molecule has 0 atom stereocenters. The van der Waals surface area contributed by atoms with Crippen molar-refractivity contribution >= 4 is 5.91 Å². The van der Waals surface area contributed by atoms with Gasteiger partial charge in [-0.25, -0.2) is 9.97 Å². The van der Waals surface area contributed by atoms with Crippen LogP contribution >= 0.6 is 0 Å². The van der Waals surface area contributed by atoms with Gasteiger partial charge in [0.2, 0.25) is 0 Å². The molecule has 4 rings (SSSR count). The Balaban J connectivity index is 1.57. The van der Waals surface area contributed by atoms with Crippen molar-refractivity contribution in [3.63, 3.8) is 0 Å². The summed E-state index contributed by atoms with van der Waals surface area (Å²) in [4.78, 5) is 21.9. The maximum absolute atomic E-state index is 12.6. The first kappa shape index (κ1) is 22.4. The van der Waals surface area contributed by atoms with Gasteiger partial charge in [-0.2, -0.15) is 0 Å². The van der Waals surface area contributed by atoms with E-state index >= 15 is 0 Å². The van der Waals surface area contributed by atoms with Crippen molar-refractivity contribution < 1.29 is 13.8 Å². The van der Waals surface area contributed by atoms with Crippen LogP contribution in [-0.4, -0.2) is 26.2 Å². The zero-order valence-corrected chi connectivity index (χ0v) is 19.5. The summed E-state index contributed by atoms with van der Waals surface area (Å²) in [5.74, 6) is 2.00. The van der Waals surface area contributed by atoms with Crippen LogP contribution in [0.4, 0.5) is 0 Å². The van der Waals surface area contributed by atoms with Crippen molar-refractivity contribution in [2.75, 3.05) is 0 Å². The molecule has 0 aliphatic heterocycles. The summed E-state index contributed by atoms with van der Waals surface area (Å²) >= 11 is 0. The van der Waals surface area contributed by atoms with Gasteiger partial charge in [0, 0.05) is 36.7 Å². The topological polar surface area (TPSA) is 107 Å². The highest BCUT2D eigenvalue weighted by molar-refractivity contribution is 5.96. The minimum Gasteiger partial charge on any atom is -0.360 e. The normalized spacial score (nSPS) is 11.2. The van der Waals surface area contributed by atoms with Crippen LogP contribution in [0.25, 0.3) is 22.6 Å². The molecule has 0 bridgehead atoms. The van der Waals surface area contributed by atoms with Crippen LogP contribution in [0.15, 0.2) is 45.6 Å². The van der Waals surface area contributed by atoms with Crippen LogP contribution < -0.4 is 5.32 Å². The molecule has 8 nitrogen and oxygen atoms in total. The highest BCUT2D eigenvalue weighted by atomic mass is 16.5. The Hall–Kier alpha value is -3.81. The Morgan fingerprint density at radius 2 is 1.85 bits per heavy atom. The minimum atomic E-state index is -0.185. The van der Waals surface area contributed by atoms with Crippen molar-refractivity contribution in [1.29, 1.82) is 0 Å². The monoisotopic (exact) mass is 445 g/mol. The number of hydrogen-bond donors (Lipinski definition) is 1. The molecule has 0 spiro atoms. The van der Waals surface area contributed by atoms with Gasteiger partial charge in [-0.1, -0.05) is 55.4 Å². The molecule has 8 heteroatoms. The van der Waals surface area contributed by atoms with Crippen LogP contribution in [0.2, 0.25) is 0 Å². The molecule has 0 fully saturated rings. The van der Waals surface area contributed by atoms with E-state index in [9.17, 15) is 4.79 Å². The molecule has 0 unspecified atom stereocenters. The SMILES string of the molecule is CCc1onc(C)c1C(=O)NCc1ccc(-c2nc(C(C)C)ncc2-c2cc(C)no2)cc1. The first-order chi connectivity index (χ1) is 15.9. The van der Waals surface area contributed by atoms with Crippen LogP contribution in [0, 0.1) is 13.8 Å². The number of benzene rings is 1. The smallest absolute Gasteiger partial charge is 0.257 e. The summed E-state index contributed by atoms with van der Waals surface area (Å²) in [7, 11) is 0. The molecular formula is C25H27N5O3. The summed E-state index contributed by atoms with van der Waals surface area (Å²) in [6, 6.07) is 9.80. The maximum Gasteiger partial charge on any atom is 0.257 e. The van der Waals surface area contributed by atoms with E-state index in [1.165, 1.54) is 0 Å². The van der Waals surface area contributed by atoms with Crippen molar-refractivity contribution in [3.8, 4) is 22.6 Å². The fourth-order valence-corrected chi connectivity index (χ4v) is 3.56. The molecule has 1 aromatic carbocycles. The van der Waals surface area contributed by atoms with Gasteiger partial charge in [-0.3, -0.25) is 4.79 Å². The van der Waals surface area contributed by atoms with E-state index in [0.717, 1.165) is 33.9 Å². The van der Waals surface area contributed by atoms with Crippen molar-refractivity contribution in [1.82, 2.24) is 25.6 Å². The summed E-state index contributed by atoms with van der Waals surface area (Å²) in [5.41, 5.74) is 5.38. The van der Waals surface area contributed by atoms with Gasteiger partial charge in [0.15, 0.2) is 5.76 Å². The van der Waals surface area contributed by atoms with Crippen LogP contribution in [0.5, 0.6) is 0 Å². The lowest BCUT2D eigenvalue weighted by atomic mass is 10.0. The molecule has 0 aliphatic carbocycles. The Morgan fingerprint density at radius 3 is 2.48 bits per heavy atom. The quantitative estimate of drug-likeness (QED) is 0.426. The minimum absolute atomic E-state index is 0.185. The summed E-state index contributed by atoms with van der Waals surface area (Å²) < 4.78 is 10.7. The lowest BCUT2D eigenvalue weighted by Gasteiger charge is -2.11. The Bertz CT molecular complexity index is 1270. The average molecular weight is 446 g/mol. The van der Waals surface area contributed by atoms with E-state index in [2.05, 4.69) is 34.5 Å². The molecule has 0 saturated heterocycles. The Labute approximate surface area is 192 Å². The van der Waals surface area contributed by atoms with E-state index in [-0.39, 0.29) is 11.8 Å². The first-order valence-corrected chi connectivity index (χ1v) is 11.0. The number of hydrogen-bond acceptors (Lipinski definition) is 7. The molecule has 3 heterocycles. The predicted octanol–water partition coefficient (Wildman–Crippen LogP) is 5.02. The van der Waals surface area contributed by atoms with E-state index in [0.29, 0.717) is 35.7 Å². The van der Waals surface area contributed by atoms with Gasteiger partial charge in [0.1, 0.15) is 17.1 Å². The predicted molar refractivity (Wildman–Crippen MR) is 124 cm³/mol. The molecule has 0 radical (unpaired) electrons. The van der Waals surface area contributed by atoms with Crippen molar-refractivity contribution in [3.05, 3.63) is 70.6 Å². The van der Waals surface area contributed by atoms with E-state index < -0.39 is 0 Å². The van der Waals surface area contributed by atoms with Gasteiger partial charge < -0.3 is 14.4 Å². The van der Waals surface area contributed by atoms with Crippen LogP contribution in [0.3, 0.4) is 0 Å². The number of nitrogens with zero attached hydrogens (tertiary/aromatic N) is 4. The number of carbonyl (C=O) groups excluding carboxylic acids is 1. The molecule has 1 amide bonds. The van der Waals surface area contributed by atoms with Gasteiger partial charge in [0.25, 0.3) is 5.91 Å². The summed E-state index contributed by atoms with van der Waals surface area (Å²) in [5, 5.41) is 10.9. The second kappa shape index (κ2) is 9.36. The summed E-state index contributed by atoms with van der Waals surface area (Å²) in [6.07, 6.45) is 2.40. The zero-order valence-electron chi connectivity index (χ0n) is 19.5. The van der Waals surface area contributed by atoms with E-state index in [4.69, 9.17) is 14.0 Å². The average Bonchev–Trinajstić information content (AvgIpc) is 3.42. The second-order valence-corrected chi connectivity index (χ2v) is 8.28. The number of carbonyl (C=O) groups is 1. The zero-order chi connectivity index (χ0) is 23.5. The molecule has 0 aliphatic rings. The third kappa shape index (κ3) is 4.69. The van der Waals surface area contributed by atoms with Gasteiger partial charge in [0.05, 0.1) is 22.6 Å². The third-order valence-electron chi connectivity index (χ3n) is 5.38. The van der Waals surface area contributed by atoms with Crippen LogP contribution in [0.1, 0.15) is 65.6 Å². The lowest BCUT2D eigenvalue weighted by Crippen LogP contribution is -2.24. The molecule has 170 valence electrons. The number of amides is 1. The highest BCUT2D eigenvalue weighted by Crippen LogP contribution is 2.31. The van der Waals surface area contributed by atoms with E-state index in [1.54, 1.807) is 13.1 Å². The number of nitrogens with one attached hydrogen (secondary N) is 1. The molecule has 4 aromatic rings. The molecule has 0 saturated carbocycles. The van der Waals surface area contributed by atoms with Gasteiger partial charge in [-0.05, 0) is 19.4 Å². The molecule has 3 aromatic heterocycles. The fraction of sp³-hybridized carbons (Fsp3) is 0.320. The Kier molecular flexibility index (Phi) is 6.35. The summed E-state index contributed by atoms with van der Waals surface area (Å²) in [6.45, 7) is 10.1. The number of aryl methyl sites for hydroxylation is 3. The van der Waals surface area contributed by atoms with Gasteiger partial charge in [-0.15, -0.1) is 0 Å². The lowest BCUT2D eigenvalue weighted by molar-refractivity contribution is 0.0948. The molecule has 33 heavy (non-hydrogen) atoms. The van der Waals surface area contributed by atoms with Crippen molar-refractivity contribution in [2.24, 2.45) is 0 Å². The number of rotatable bonds is 7.